The lowest BCUT2D eigenvalue weighted by molar-refractivity contribution is -0.380. The first kappa shape index (κ1) is 15.5. The van der Waals surface area contributed by atoms with Crippen LogP contribution in [0.3, 0.4) is 0 Å². The molecule has 0 saturated carbocycles. The van der Waals surface area contributed by atoms with Crippen molar-refractivity contribution in [3.63, 3.8) is 0 Å². The second kappa shape index (κ2) is 7.80. The van der Waals surface area contributed by atoms with Gasteiger partial charge in [0.15, 0.2) is 0 Å². The molecule has 110 valence electrons. The van der Waals surface area contributed by atoms with Crippen LogP contribution in [-0.4, -0.2) is 23.1 Å². The van der Waals surface area contributed by atoms with E-state index in [0.29, 0.717) is 11.4 Å². The molecule has 0 bridgehead atoms. The number of carbonyl (C=O) groups excluding carboxylic acids is 1. The van der Waals surface area contributed by atoms with E-state index in [-0.39, 0.29) is 10.9 Å². The van der Waals surface area contributed by atoms with Crippen LogP contribution in [0.15, 0.2) is 47.4 Å². The molecule has 0 unspecified atom stereocenters. The topological polar surface area (TPSA) is 72.2 Å². The fourth-order valence-corrected chi connectivity index (χ4v) is 3.23. The lowest BCUT2D eigenvalue weighted by atomic mass is 10.4. The number of thioether (sulfide) groups is 1. The highest BCUT2D eigenvalue weighted by molar-refractivity contribution is 7.99. The minimum Gasteiger partial charge on any atom is -0.351 e. The molecule has 1 aromatic heterocycles. The van der Waals surface area contributed by atoms with Crippen LogP contribution in [0, 0.1) is 10.1 Å². The van der Waals surface area contributed by atoms with Gasteiger partial charge in [0, 0.05) is 17.5 Å². The third kappa shape index (κ3) is 4.87. The van der Waals surface area contributed by atoms with Crippen LogP contribution in [0.5, 0.6) is 0 Å². The molecule has 0 spiro atoms. The van der Waals surface area contributed by atoms with E-state index >= 15 is 0 Å². The predicted octanol–water partition coefficient (Wildman–Crippen LogP) is 3.57. The number of hydrogen-bond donors (Lipinski definition) is 1. The van der Waals surface area contributed by atoms with Gasteiger partial charge in [0.05, 0.1) is 9.80 Å². The molecule has 0 aliphatic rings. The summed E-state index contributed by atoms with van der Waals surface area (Å²) in [5.41, 5.74) is 0. The Kier molecular flexibility index (Phi) is 5.77. The van der Waals surface area contributed by atoms with Crippen LogP contribution in [0.25, 0.3) is 0 Å². The van der Waals surface area contributed by atoms with E-state index in [2.05, 4.69) is 5.32 Å². The highest BCUT2D eigenvalue weighted by Crippen LogP contribution is 2.23. The van der Waals surface area contributed by atoms with E-state index in [0.717, 1.165) is 23.5 Å². The molecular formula is C14H14N2O3S2. The lowest BCUT2D eigenvalue weighted by Gasteiger charge is -2.03. The summed E-state index contributed by atoms with van der Waals surface area (Å²) in [6, 6.07) is 12.9. The number of amides is 1. The van der Waals surface area contributed by atoms with Crippen molar-refractivity contribution in [2.24, 2.45) is 0 Å². The van der Waals surface area contributed by atoms with Gasteiger partial charge in [-0.25, -0.2) is 0 Å². The summed E-state index contributed by atoms with van der Waals surface area (Å²) in [4.78, 5) is 23.4. The summed E-state index contributed by atoms with van der Waals surface area (Å²) in [6.45, 7) is 0.560. The number of benzene rings is 1. The second-order valence-electron chi connectivity index (χ2n) is 4.17. The van der Waals surface area contributed by atoms with Gasteiger partial charge in [-0.1, -0.05) is 29.5 Å². The maximum Gasteiger partial charge on any atom is 0.324 e. The molecule has 1 amide bonds. The molecule has 5 nitrogen and oxygen atoms in total. The van der Waals surface area contributed by atoms with Gasteiger partial charge in [0.25, 0.3) is 5.91 Å². The third-order valence-corrected chi connectivity index (χ3v) is 4.75. The van der Waals surface area contributed by atoms with Gasteiger partial charge in [-0.3, -0.25) is 14.9 Å². The van der Waals surface area contributed by atoms with Crippen LogP contribution in [0.2, 0.25) is 0 Å². The fraction of sp³-hybridized carbons (Fsp3) is 0.214. The zero-order chi connectivity index (χ0) is 15.1. The van der Waals surface area contributed by atoms with Crippen LogP contribution in [0.1, 0.15) is 16.1 Å². The Morgan fingerprint density at radius 3 is 2.67 bits per heavy atom. The van der Waals surface area contributed by atoms with Crippen LogP contribution < -0.4 is 5.32 Å². The first-order valence-corrected chi connectivity index (χ1v) is 8.17. The molecule has 0 radical (unpaired) electrons. The average molecular weight is 322 g/mol. The van der Waals surface area contributed by atoms with Crippen molar-refractivity contribution in [3.05, 3.63) is 57.5 Å². The van der Waals surface area contributed by atoms with Gasteiger partial charge in [-0.15, -0.1) is 11.8 Å². The quantitative estimate of drug-likeness (QED) is 0.366. The van der Waals surface area contributed by atoms with E-state index in [9.17, 15) is 14.9 Å². The molecule has 2 aromatic rings. The number of hydrogen-bond acceptors (Lipinski definition) is 5. The molecule has 21 heavy (non-hydrogen) atoms. The Morgan fingerprint density at radius 2 is 2.00 bits per heavy atom. The summed E-state index contributed by atoms with van der Waals surface area (Å²) in [5.74, 6) is 0.660. The molecule has 0 aliphatic heterocycles. The molecule has 0 atom stereocenters. The molecule has 1 N–H and O–H groups in total. The van der Waals surface area contributed by atoms with Crippen LogP contribution in [-0.2, 0) is 0 Å². The van der Waals surface area contributed by atoms with Gasteiger partial charge in [0.2, 0.25) is 0 Å². The number of nitrogens with one attached hydrogen (secondary N) is 1. The summed E-state index contributed by atoms with van der Waals surface area (Å²) in [5, 5.41) is 13.3. The Morgan fingerprint density at radius 1 is 1.24 bits per heavy atom. The van der Waals surface area contributed by atoms with Crippen molar-refractivity contribution in [2.75, 3.05) is 12.3 Å². The first-order valence-electron chi connectivity index (χ1n) is 6.37. The highest BCUT2D eigenvalue weighted by Gasteiger charge is 2.14. The summed E-state index contributed by atoms with van der Waals surface area (Å²) in [7, 11) is 0. The number of carbonyl (C=O) groups is 1. The molecule has 1 heterocycles. The first-order chi connectivity index (χ1) is 10.2. The van der Waals surface area contributed by atoms with Gasteiger partial charge < -0.3 is 5.32 Å². The molecule has 0 fully saturated rings. The van der Waals surface area contributed by atoms with Gasteiger partial charge in [-0.2, -0.15) is 0 Å². The van der Waals surface area contributed by atoms with Crippen molar-refractivity contribution in [1.29, 1.82) is 0 Å². The van der Waals surface area contributed by atoms with Crippen molar-refractivity contribution >= 4 is 34.0 Å². The normalized spacial score (nSPS) is 10.3. The Balaban J connectivity index is 1.68. The highest BCUT2D eigenvalue weighted by atomic mass is 32.2. The second-order valence-corrected chi connectivity index (χ2v) is 6.40. The van der Waals surface area contributed by atoms with Crippen molar-refractivity contribution < 1.29 is 9.72 Å². The van der Waals surface area contributed by atoms with E-state index in [4.69, 9.17) is 0 Å². The fourth-order valence-electron chi connectivity index (χ4n) is 1.62. The molecule has 0 aliphatic carbocycles. The summed E-state index contributed by atoms with van der Waals surface area (Å²) >= 11 is 2.63. The Bertz CT molecular complexity index is 614. The molecular weight excluding hydrogens is 308 g/mol. The number of nitro groups is 1. The van der Waals surface area contributed by atoms with Crippen LogP contribution in [0.4, 0.5) is 5.00 Å². The standard InChI is InChI=1S/C14H14N2O3S2/c17-14(12-7-8-13(21-12)16(18)19)15-9-4-10-20-11-5-2-1-3-6-11/h1-3,5-8H,4,9-10H2,(H,15,17). The maximum absolute atomic E-state index is 11.8. The smallest absolute Gasteiger partial charge is 0.324 e. The van der Waals surface area contributed by atoms with Gasteiger partial charge in [-0.05, 0) is 30.4 Å². The molecule has 7 heteroatoms. The third-order valence-electron chi connectivity index (χ3n) is 2.61. The monoisotopic (exact) mass is 322 g/mol. The minimum absolute atomic E-state index is 0.0141. The van der Waals surface area contributed by atoms with Crippen molar-refractivity contribution in [1.82, 2.24) is 5.32 Å². The Labute approximate surface area is 130 Å². The van der Waals surface area contributed by atoms with Crippen molar-refractivity contribution in [3.8, 4) is 0 Å². The summed E-state index contributed by atoms with van der Waals surface area (Å²) in [6.07, 6.45) is 0.846. The predicted molar refractivity (Wildman–Crippen MR) is 85.1 cm³/mol. The zero-order valence-corrected chi connectivity index (χ0v) is 12.8. The SMILES string of the molecule is O=C(NCCCSc1ccccc1)c1ccc([N+](=O)[O-])s1. The molecule has 1 aromatic carbocycles. The number of rotatable bonds is 7. The average Bonchev–Trinajstić information content (AvgIpc) is 2.98. The molecule has 2 rings (SSSR count). The Hall–Kier alpha value is -1.86. The molecule has 0 saturated heterocycles. The minimum atomic E-state index is -0.488. The van der Waals surface area contributed by atoms with Crippen molar-refractivity contribution in [2.45, 2.75) is 11.3 Å². The lowest BCUT2D eigenvalue weighted by Crippen LogP contribution is -2.23. The van der Waals surface area contributed by atoms with E-state index in [1.165, 1.54) is 17.0 Å². The van der Waals surface area contributed by atoms with Gasteiger partial charge in [0.1, 0.15) is 0 Å². The maximum atomic E-state index is 11.8. The summed E-state index contributed by atoms with van der Waals surface area (Å²) < 4.78 is 0. The van der Waals surface area contributed by atoms with Crippen LogP contribution >= 0.6 is 23.1 Å². The largest absolute Gasteiger partial charge is 0.351 e. The zero-order valence-electron chi connectivity index (χ0n) is 11.2. The van der Waals surface area contributed by atoms with Gasteiger partial charge >= 0.3 is 5.00 Å². The van der Waals surface area contributed by atoms with E-state index in [1.807, 2.05) is 30.3 Å². The number of nitrogens with zero attached hydrogens (tertiary/aromatic N) is 1. The van der Waals surface area contributed by atoms with E-state index < -0.39 is 4.92 Å². The number of thiophene rings is 1. The van der Waals surface area contributed by atoms with E-state index in [1.54, 1.807) is 11.8 Å².